The lowest BCUT2D eigenvalue weighted by Crippen LogP contribution is -2.45. The molecule has 0 heterocycles. The van der Waals surface area contributed by atoms with E-state index in [0.29, 0.717) is 11.3 Å². The number of nitrogens with zero attached hydrogens (tertiary/aromatic N) is 1. The van der Waals surface area contributed by atoms with Crippen LogP contribution in [0.15, 0.2) is 47.4 Å². The van der Waals surface area contributed by atoms with Crippen molar-refractivity contribution in [2.24, 2.45) is 0 Å². The van der Waals surface area contributed by atoms with Crippen LogP contribution in [0.25, 0.3) is 0 Å². The average molecular weight is 478 g/mol. The van der Waals surface area contributed by atoms with E-state index in [1.165, 1.54) is 38.3 Å². The third-order valence-electron chi connectivity index (χ3n) is 4.54. The van der Waals surface area contributed by atoms with Gasteiger partial charge in [0.1, 0.15) is 4.90 Å². The summed E-state index contributed by atoms with van der Waals surface area (Å²) in [5.74, 6) is -0.0187. The molecule has 0 atom stereocenters. The van der Waals surface area contributed by atoms with Gasteiger partial charge in [0.15, 0.2) is 11.5 Å². The van der Waals surface area contributed by atoms with E-state index < -0.39 is 10.1 Å². The van der Waals surface area contributed by atoms with Gasteiger partial charge in [0.2, 0.25) is 5.91 Å². The van der Waals surface area contributed by atoms with Gasteiger partial charge in [0.25, 0.3) is 0 Å². The number of anilines is 1. The molecule has 180 valence electrons. The number of rotatable bonds is 9. The lowest BCUT2D eigenvalue weighted by Gasteiger charge is -2.28. The summed E-state index contributed by atoms with van der Waals surface area (Å²) in [6.07, 6.45) is 0. The van der Waals surface area contributed by atoms with E-state index in [1.54, 1.807) is 23.1 Å². The minimum Gasteiger partial charge on any atom is -0.493 e. The number of methoxy groups -OCH3 is 1. The van der Waals surface area contributed by atoms with Crippen molar-refractivity contribution in [3.63, 3.8) is 0 Å². The zero-order chi connectivity index (χ0) is 24.8. The maximum atomic E-state index is 12.8. The van der Waals surface area contributed by atoms with Gasteiger partial charge in [-0.15, -0.1) is 0 Å². The number of ether oxygens (including phenoxy) is 1. The normalized spacial score (nSPS) is 11.3. The first-order valence-corrected chi connectivity index (χ1v) is 11.9. The SMILES string of the molecule is COc1ccc(CN(C(=O)NC(C)C)C(C)C)cc1OS(=O)(=O)c1ccc(NC(C)=O)cc1. The van der Waals surface area contributed by atoms with E-state index in [2.05, 4.69) is 10.6 Å². The van der Waals surface area contributed by atoms with Crippen LogP contribution in [0.3, 0.4) is 0 Å². The Bertz CT molecular complexity index is 1080. The molecule has 0 saturated carbocycles. The van der Waals surface area contributed by atoms with Crippen LogP contribution in [0.5, 0.6) is 11.5 Å². The number of nitrogens with one attached hydrogen (secondary N) is 2. The molecule has 2 N–H and O–H groups in total. The number of carbonyl (C=O) groups is 2. The van der Waals surface area contributed by atoms with E-state index in [9.17, 15) is 18.0 Å². The Hall–Kier alpha value is -3.27. The fourth-order valence-electron chi connectivity index (χ4n) is 2.97. The molecule has 3 amide bonds. The largest absolute Gasteiger partial charge is 0.493 e. The van der Waals surface area contributed by atoms with Crippen LogP contribution in [0, 0.1) is 0 Å². The predicted molar refractivity (Wildman–Crippen MR) is 126 cm³/mol. The molecular formula is C23H31N3O6S. The fourth-order valence-corrected chi connectivity index (χ4v) is 3.91. The van der Waals surface area contributed by atoms with Crippen molar-refractivity contribution in [1.82, 2.24) is 10.2 Å². The first-order chi connectivity index (χ1) is 15.4. The summed E-state index contributed by atoms with van der Waals surface area (Å²) in [5.41, 5.74) is 1.14. The number of benzene rings is 2. The third kappa shape index (κ3) is 7.38. The van der Waals surface area contributed by atoms with E-state index >= 15 is 0 Å². The van der Waals surface area contributed by atoms with E-state index in [1.807, 2.05) is 27.7 Å². The quantitative estimate of drug-likeness (QED) is 0.532. The second-order valence-electron chi connectivity index (χ2n) is 8.05. The zero-order valence-electron chi connectivity index (χ0n) is 19.7. The van der Waals surface area contributed by atoms with Gasteiger partial charge in [-0.2, -0.15) is 8.42 Å². The first-order valence-electron chi connectivity index (χ1n) is 10.5. The summed E-state index contributed by atoms with van der Waals surface area (Å²) in [4.78, 5) is 25.3. The van der Waals surface area contributed by atoms with Crippen molar-refractivity contribution in [1.29, 1.82) is 0 Å². The molecule has 0 fully saturated rings. The highest BCUT2D eigenvalue weighted by Gasteiger charge is 2.22. The Kier molecular flexibility index (Phi) is 8.69. The monoisotopic (exact) mass is 477 g/mol. The van der Waals surface area contributed by atoms with Gasteiger partial charge < -0.3 is 24.5 Å². The first kappa shape index (κ1) is 26.0. The molecule has 0 aliphatic carbocycles. The zero-order valence-corrected chi connectivity index (χ0v) is 20.5. The summed E-state index contributed by atoms with van der Waals surface area (Å²) >= 11 is 0. The maximum Gasteiger partial charge on any atom is 0.339 e. The Labute approximate surface area is 195 Å². The molecular weight excluding hydrogens is 446 g/mol. The molecule has 10 heteroatoms. The fraction of sp³-hybridized carbons (Fsp3) is 0.391. The van der Waals surface area contributed by atoms with Crippen molar-refractivity contribution in [2.45, 2.75) is 58.1 Å². The van der Waals surface area contributed by atoms with Crippen LogP contribution >= 0.6 is 0 Å². The Balaban J connectivity index is 2.30. The van der Waals surface area contributed by atoms with Crippen LogP contribution in [0.2, 0.25) is 0 Å². The van der Waals surface area contributed by atoms with Crippen LogP contribution in [-0.4, -0.2) is 44.4 Å². The third-order valence-corrected chi connectivity index (χ3v) is 5.79. The molecule has 0 spiro atoms. The van der Waals surface area contributed by atoms with Gasteiger partial charge in [-0.05, 0) is 69.7 Å². The molecule has 0 aromatic heterocycles. The Morgan fingerprint density at radius 1 is 1.00 bits per heavy atom. The molecule has 0 radical (unpaired) electrons. The summed E-state index contributed by atoms with van der Waals surface area (Å²) in [6.45, 7) is 9.17. The molecule has 0 aliphatic rings. The highest BCUT2D eigenvalue weighted by molar-refractivity contribution is 7.87. The van der Waals surface area contributed by atoms with Crippen LogP contribution in [-0.2, 0) is 21.5 Å². The van der Waals surface area contributed by atoms with Crippen molar-refractivity contribution in [3.05, 3.63) is 48.0 Å². The summed E-state index contributed by atoms with van der Waals surface area (Å²) in [5, 5.41) is 5.44. The molecule has 0 saturated heterocycles. The second kappa shape index (κ2) is 11.0. The molecule has 2 aromatic carbocycles. The molecule has 2 aromatic rings. The van der Waals surface area contributed by atoms with E-state index in [0.717, 1.165) is 0 Å². The molecule has 2 rings (SSSR count). The summed E-state index contributed by atoms with van der Waals surface area (Å²) in [7, 11) is -2.76. The van der Waals surface area contributed by atoms with Gasteiger partial charge in [-0.3, -0.25) is 4.79 Å². The topological polar surface area (TPSA) is 114 Å². The highest BCUT2D eigenvalue weighted by Crippen LogP contribution is 2.31. The van der Waals surface area contributed by atoms with E-state index in [-0.39, 0.29) is 47.0 Å². The number of hydrogen-bond donors (Lipinski definition) is 2. The molecule has 9 nitrogen and oxygen atoms in total. The Morgan fingerprint density at radius 2 is 1.64 bits per heavy atom. The molecule has 0 unspecified atom stereocenters. The smallest absolute Gasteiger partial charge is 0.339 e. The lowest BCUT2D eigenvalue weighted by molar-refractivity contribution is -0.114. The van der Waals surface area contributed by atoms with E-state index in [4.69, 9.17) is 8.92 Å². The van der Waals surface area contributed by atoms with Gasteiger partial charge in [-0.25, -0.2) is 4.79 Å². The minimum absolute atomic E-state index is 0.00825. The van der Waals surface area contributed by atoms with Crippen molar-refractivity contribution in [2.75, 3.05) is 12.4 Å². The van der Waals surface area contributed by atoms with Gasteiger partial charge >= 0.3 is 16.1 Å². The Morgan fingerprint density at radius 3 is 2.15 bits per heavy atom. The minimum atomic E-state index is -4.17. The predicted octanol–water partition coefficient (Wildman–Crippen LogP) is 3.75. The average Bonchev–Trinajstić information content (AvgIpc) is 2.71. The number of carbonyl (C=O) groups excluding carboxylic acids is 2. The van der Waals surface area contributed by atoms with Gasteiger partial charge in [-0.1, -0.05) is 6.07 Å². The van der Waals surface area contributed by atoms with Crippen LogP contribution in [0.4, 0.5) is 10.5 Å². The maximum absolute atomic E-state index is 12.8. The summed E-state index contributed by atoms with van der Waals surface area (Å²) in [6, 6.07) is 10.2. The molecule has 0 bridgehead atoms. The summed E-state index contributed by atoms with van der Waals surface area (Å²) < 4.78 is 36.3. The molecule has 33 heavy (non-hydrogen) atoms. The van der Waals surface area contributed by atoms with Crippen molar-refractivity contribution >= 4 is 27.7 Å². The number of amides is 3. The second-order valence-corrected chi connectivity index (χ2v) is 9.60. The number of hydrogen-bond acceptors (Lipinski definition) is 6. The van der Waals surface area contributed by atoms with Crippen molar-refractivity contribution in [3.8, 4) is 11.5 Å². The number of urea groups is 1. The van der Waals surface area contributed by atoms with Crippen LogP contribution in [0.1, 0.15) is 40.2 Å². The molecule has 0 aliphatic heterocycles. The van der Waals surface area contributed by atoms with Gasteiger partial charge in [0, 0.05) is 31.2 Å². The highest BCUT2D eigenvalue weighted by atomic mass is 32.2. The van der Waals surface area contributed by atoms with Crippen molar-refractivity contribution < 1.29 is 26.9 Å². The standard InChI is InChI=1S/C23H31N3O6S/c1-15(2)24-23(28)26(16(3)4)14-18-7-12-21(31-6)22(13-18)32-33(29,30)20-10-8-19(9-11-20)25-17(5)27/h7-13,15-16H,14H2,1-6H3,(H,24,28)(H,25,27). The van der Waals surface area contributed by atoms with Crippen LogP contribution < -0.4 is 19.6 Å². The lowest BCUT2D eigenvalue weighted by atomic mass is 10.1. The van der Waals surface area contributed by atoms with Gasteiger partial charge in [0.05, 0.1) is 7.11 Å².